The summed E-state index contributed by atoms with van der Waals surface area (Å²) in [6.45, 7) is 2.03. The van der Waals surface area contributed by atoms with E-state index in [9.17, 15) is 0 Å². The van der Waals surface area contributed by atoms with Crippen molar-refractivity contribution in [2.24, 2.45) is 0 Å². The topological polar surface area (TPSA) is 9.23 Å². The minimum Gasteiger partial charge on any atom is -0.456 e. The first-order valence-corrected chi connectivity index (χ1v) is 7.09. The van der Waals surface area contributed by atoms with Crippen molar-refractivity contribution in [2.75, 3.05) is 0 Å². The average molecular weight is 346 g/mol. The molecule has 4 heteroatoms. The third kappa shape index (κ3) is 3.00. The molecule has 1 nitrogen and oxygen atoms in total. The van der Waals surface area contributed by atoms with E-state index in [0.29, 0.717) is 16.7 Å². The summed E-state index contributed by atoms with van der Waals surface area (Å²) in [5.41, 5.74) is 1.96. The Morgan fingerprint density at radius 2 is 1.94 bits per heavy atom. The largest absolute Gasteiger partial charge is 0.456 e. The molecule has 0 saturated heterocycles. The van der Waals surface area contributed by atoms with Crippen molar-refractivity contribution in [3.63, 3.8) is 0 Å². The fraction of sp³-hybridized carbons (Fsp3) is 0.143. The van der Waals surface area contributed by atoms with Crippen LogP contribution in [0.1, 0.15) is 11.1 Å². The number of hydrogen-bond donors (Lipinski definition) is 0. The van der Waals surface area contributed by atoms with Crippen LogP contribution in [0.25, 0.3) is 0 Å². The van der Waals surface area contributed by atoms with Crippen molar-refractivity contribution in [3.8, 4) is 11.5 Å². The highest BCUT2D eigenvalue weighted by Crippen LogP contribution is 2.35. The van der Waals surface area contributed by atoms with Gasteiger partial charge in [-0.1, -0.05) is 23.7 Å². The van der Waals surface area contributed by atoms with E-state index >= 15 is 0 Å². The molecule has 18 heavy (non-hydrogen) atoms. The third-order valence-electron chi connectivity index (χ3n) is 2.52. The number of alkyl halides is 1. The van der Waals surface area contributed by atoms with Gasteiger partial charge in [0.25, 0.3) is 0 Å². The zero-order chi connectivity index (χ0) is 13.1. The molecule has 0 fully saturated rings. The van der Waals surface area contributed by atoms with Gasteiger partial charge in [0.05, 0.1) is 10.4 Å². The first kappa shape index (κ1) is 13.7. The minimum absolute atomic E-state index is 0.318. The molecule has 0 spiro atoms. The molecule has 0 aromatic heterocycles. The van der Waals surface area contributed by atoms with E-state index in [4.69, 9.17) is 27.9 Å². The Balaban J connectivity index is 2.37. The van der Waals surface area contributed by atoms with Crippen LogP contribution in [-0.4, -0.2) is 0 Å². The van der Waals surface area contributed by atoms with Gasteiger partial charge in [-0.05, 0) is 52.7 Å². The summed E-state index contributed by atoms with van der Waals surface area (Å²) in [5.74, 6) is 1.75. The van der Waals surface area contributed by atoms with E-state index in [2.05, 4.69) is 15.9 Å². The lowest BCUT2D eigenvalue weighted by Gasteiger charge is -2.12. The number of halogens is 3. The molecule has 0 N–H and O–H groups in total. The van der Waals surface area contributed by atoms with Crippen LogP contribution >= 0.6 is 39.1 Å². The number of aryl methyl sites for hydroxylation is 1. The average Bonchev–Trinajstić information content (AvgIpc) is 2.33. The predicted molar refractivity (Wildman–Crippen MR) is 80.0 cm³/mol. The smallest absolute Gasteiger partial charge is 0.141 e. The molecule has 2 rings (SSSR count). The molecule has 0 atom stereocenters. The second-order valence-corrected chi connectivity index (χ2v) is 5.41. The van der Waals surface area contributed by atoms with Gasteiger partial charge in [-0.25, -0.2) is 0 Å². The van der Waals surface area contributed by atoms with Gasteiger partial charge in [0.1, 0.15) is 11.5 Å². The molecular formula is C14H11BrCl2O. The summed E-state index contributed by atoms with van der Waals surface area (Å²) in [6, 6.07) is 11.4. The quantitative estimate of drug-likeness (QED) is 0.625. The zero-order valence-corrected chi connectivity index (χ0v) is 12.8. The maximum Gasteiger partial charge on any atom is 0.141 e. The summed E-state index contributed by atoms with van der Waals surface area (Å²) < 4.78 is 6.76. The fourth-order valence-corrected chi connectivity index (χ4v) is 2.72. The molecule has 0 radical (unpaired) electrons. The molecule has 0 aliphatic rings. The van der Waals surface area contributed by atoms with Gasteiger partial charge >= 0.3 is 0 Å². The fourth-order valence-electron chi connectivity index (χ4n) is 1.57. The summed E-state index contributed by atoms with van der Waals surface area (Å²) in [7, 11) is 0. The van der Waals surface area contributed by atoms with Crippen molar-refractivity contribution < 1.29 is 4.74 Å². The standard InChI is InChI=1S/C14H11BrCl2O/c1-9-5-6-14(11(15)7-9)18-13-4-2-3-12(17)10(13)8-16/h2-7H,8H2,1H3. The van der Waals surface area contributed by atoms with Gasteiger partial charge in [-0.3, -0.25) is 0 Å². The lowest BCUT2D eigenvalue weighted by molar-refractivity contribution is 0.475. The molecule has 0 aliphatic carbocycles. The van der Waals surface area contributed by atoms with Crippen LogP contribution in [-0.2, 0) is 5.88 Å². The first-order valence-electron chi connectivity index (χ1n) is 5.39. The van der Waals surface area contributed by atoms with Crippen LogP contribution in [0.15, 0.2) is 40.9 Å². The summed E-state index contributed by atoms with van der Waals surface area (Å²) >= 11 is 15.5. The normalized spacial score (nSPS) is 10.4. The Morgan fingerprint density at radius 1 is 1.17 bits per heavy atom. The molecule has 0 heterocycles. The lowest BCUT2D eigenvalue weighted by atomic mass is 10.2. The predicted octanol–water partition coefficient (Wildman–Crippen LogP) is 5.94. The summed E-state index contributed by atoms with van der Waals surface area (Å²) in [6.07, 6.45) is 0. The molecule has 0 unspecified atom stereocenters. The molecular weight excluding hydrogens is 335 g/mol. The zero-order valence-electron chi connectivity index (χ0n) is 9.71. The second kappa shape index (κ2) is 5.96. The van der Waals surface area contributed by atoms with E-state index in [1.165, 1.54) is 0 Å². The van der Waals surface area contributed by atoms with E-state index in [1.54, 1.807) is 6.07 Å². The molecule has 0 bridgehead atoms. The number of rotatable bonds is 3. The van der Waals surface area contributed by atoms with Gasteiger partial charge < -0.3 is 4.74 Å². The third-order valence-corrected chi connectivity index (χ3v) is 3.76. The Bertz CT molecular complexity index is 570. The van der Waals surface area contributed by atoms with E-state index in [1.807, 2.05) is 37.3 Å². The molecule has 2 aromatic rings. The van der Waals surface area contributed by atoms with Crippen LogP contribution in [0.5, 0.6) is 11.5 Å². The Morgan fingerprint density at radius 3 is 2.61 bits per heavy atom. The molecule has 94 valence electrons. The number of ether oxygens (including phenoxy) is 1. The van der Waals surface area contributed by atoms with Crippen LogP contribution in [0.2, 0.25) is 5.02 Å². The number of hydrogen-bond acceptors (Lipinski definition) is 1. The SMILES string of the molecule is Cc1ccc(Oc2cccc(Cl)c2CCl)c(Br)c1. The molecule has 0 amide bonds. The van der Waals surface area contributed by atoms with E-state index in [-0.39, 0.29) is 0 Å². The van der Waals surface area contributed by atoms with E-state index in [0.717, 1.165) is 21.3 Å². The Labute approximate surface area is 125 Å². The minimum atomic E-state index is 0.318. The summed E-state index contributed by atoms with van der Waals surface area (Å²) in [5, 5.41) is 0.616. The van der Waals surface area contributed by atoms with Crippen molar-refractivity contribution in [1.29, 1.82) is 0 Å². The molecule has 0 saturated carbocycles. The van der Waals surface area contributed by atoms with Crippen LogP contribution in [0, 0.1) is 6.92 Å². The maximum absolute atomic E-state index is 6.08. The second-order valence-electron chi connectivity index (χ2n) is 3.89. The van der Waals surface area contributed by atoms with Crippen molar-refractivity contribution >= 4 is 39.1 Å². The van der Waals surface area contributed by atoms with Gasteiger partial charge in [0, 0.05) is 10.6 Å². The van der Waals surface area contributed by atoms with Crippen molar-refractivity contribution in [3.05, 3.63) is 57.0 Å². The maximum atomic E-state index is 6.08. The lowest BCUT2D eigenvalue weighted by Crippen LogP contribution is -1.91. The van der Waals surface area contributed by atoms with Crippen LogP contribution in [0.3, 0.4) is 0 Å². The highest BCUT2D eigenvalue weighted by atomic mass is 79.9. The molecule has 0 aliphatic heterocycles. The van der Waals surface area contributed by atoms with Gasteiger partial charge in [0.15, 0.2) is 0 Å². The van der Waals surface area contributed by atoms with Crippen LogP contribution < -0.4 is 4.74 Å². The highest BCUT2D eigenvalue weighted by Gasteiger charge is 2.09. The highest BCUT2D eigenvalue weighted by molar-refractivity contribution is 9.10. The first-order chi connectivity index (χ1) is 8.61. The number of benzene rings is 2. The van der Waals surface area contributed by atoms with E-state index < -0.39 is 0 Å². The Kier molecular flexibility index (Phi) is 4.55. The van der Waals surface area contributed by atoms with Gasteiger partial charge in [-0.2, -0.15) is 0 Å². The van der Waals surface area contributed by atoms with Gasteiger partial charge in [0.2, 0.25) is 0 Å². The van der Waals surface area contributed by atoms with Crippen molar-refractivity contribution in [2.45, 2.75) is 12.8 Å². The van der Waals surface area contributed by atoms with Crippen LogP contribution in [0.4, 0.5) is 0 Å². The van der Waals surface area contributed by atoms with Gasteiger partial charge in [-0.15, -0.1) is 11.6 Å². The van der Waals surface area contributed by atoms with Crippen molar-refractivity contribution in [1.82, 2.24) is 0 Å². The Hall–Kier alpha value is -0.700. The monoisotopic (exact) mass is 344 g/mol. The summed E-state index contributed by atoms with van der Waals surface area (Å²) in [4.78, 5) is 0. The molecule has 2 aromatic carbocycles.